The Morgan fingerprint density at radius 1 is 1.59 bits per heavy atom. The normalized spacial score (nSPS) is 20.4. The number of aromatic nitrogens is 1. The number of rotatable bonds is 5. The standard InChI is InChI=1S/C16H26N2O3S/c1-11(15-17-8-13(21-15)16(2,3)4)20-14(19)9-18(5)12-6-7-22-10-12/h8,11-12H,6-7,9-10H2,1-5H3/t11-,12+/m1/s1. The summed E-state index contributed by atoms with van der Waals surface area (Å²) in [6.45, 7) is 8.28. The van der Waals surface area contributed by atoms with E-state index >= 15 is 0 Å². The molecule has 1 aromatic heterocycles. The van der Waals surface area contributed by atoms with E-state index in [0.29, 0.717) is 18.5 Å². The molecule has 2 atom stereocenters. The summed E-state index contributed by atoms with van der Waals surface area (Å²) in [4.78, 5) is 18.4. The van der Waals surface area contributed by atoms with Crippen molar-refractivity contribution < 1.29 is 13.9 Å². The number of hydrogen-bond acceptors (Lipinski definition) is 6. The van der Waals surface area contributed by atoms with E-state index in [9.17, 15) is 4.79 Å². The van der Waals surface area contributed by atoms with E-state index in [1.165, 1.54) is 5.75 Å². The number of carbonyl (C=O) groups excluding carboxylic acids is 1. The first-order valence-electron chi connectivity index (χ1n) is 7.71. The molecule has 124 valence electrons. The second-order valence-corrected chi connectivity index (χ2v) is 8.03. The van der Waals surface area contributed by atoms with Gasteiger partial charge >= 0.3 is 5.97 Å². The van der Waals surface area contributed by atoms with E-state index in [2.05, 4.69) is 30.7 Å². The molecule has 1 aromatic rings. The highest BCUT2D eigenvalue weighted by molar-refractivity contribution is 7.99. The average molecular weight is 326 g/mol. The second-order valence-electron chi connectivity index (χ2n) is 6.88. The van der Waals surface area contributed by atoms with Crippen LogP contribution in [0.2, 0.25) is 0 Å². The molecule has 0 amide bonds. The maximum atomic E-state index is 12.1. The predicted molar refractivity (Wildman–Crippen MR) is 88.1 cm³/mol. The molecule has 1 fully saturated rings. The lowest BCUT2D eigenvalue weighted by atomic mass is 9.94. The fourth-order valence-corrected chi connectivity index (χ4v) is 3.61. The highest BCUT2D eigenvalue weighted by atomic mass is 32.2. The number of esters is 1. The van der Waals surface area contributed by atoms with E-state index in [0.717, 1.165) is 17.9 Å². The van der Waals surface area contributed by atoms with Gasteiger partial charge in [-0.25, -0.2) is 4.98 Å². The Morgan fingerprint density at radius 3 is 2.86 bits per heavy atom. The Bertz CT molecular complexity index is 504. The van der Waals surface area contributed by atoms with Crippen LogP contribution in [-0.4, -0.2) is 47.0 Å². The number of carbonyl (C=O) groups is 1. The fraction of sp³-hybridized carbons (Fsp3) is 0.750. The Morgan fingerprint density at radius 2 is 2.32 bits per heavy atom. The van der Waals surface area contributed by atoms with Gasteiger partial charge in [-0.2, -0.15) is 11.8 Å². The Hall–Kier alpha value is -1.01. The molecule has 1 aliphatic heterocycles. The maximum absolute atomic E-state index is 12.1. The number of thioether (sulfide) groups is 1. The van der Waals surface area contributed by atoms with Gasteiger partial charge in [-0.1, -0.05) is 20.8 Å². The number of nitrogens with zero attached hydrogens (tertiary/aromatic N) is 2. The highest BCUT2D eigenvalue weighted by Gasteiger charge is 2.25. The molecule has 0 saturated carbocycles. The van der Waals surface area contributed by atoms with E-state index in [1.54, 1.807) is 13.1 Å². The van der Waals surface area contributed by atoms with Crippen LogP contribution in [0.15, 0.2) is 10.6 Å². The van der Waals surface area contributed by atoms with Crippen molar-refractivity contribution in [3.8, 4) is 0 Å². The lowest BCUT2D eigenvalue weighted by Gasteiger charge is -2.22. The van der Waals surface area contributed by atoms with Crippen LogP contribution in [0.3, 0.4) is 0 Å². The smallest absolute Gasteiger partial charge is 0.320 e. The summed E-state index contributed by atoms with van der Waals surface area (Å²) in [6, 6.07) is 0.474. The summed E-state index contributed by atoms with van der Waals surface area (Å²) in [6.07, 6.45) is 2.38. The molecular formula is C16H26N2O3S. The Kier molecular flexibility index (Phi) is 5.55. The molecule has 2 rings (SSSR count). The monoisotopic (exact) mass is 326 g/mol. The molecule has 1 saturated heterocycles. The third-order valence-corrected chi connectivity index (χ3v) is 4.97. The van der Waals surface area contributed by atoms with Gasteiger partial charge in [0.15, 0.2) is 6.10 Å². The molecule has 22 heavy (non-hydrogen) atoms. The number of likely N-dealkylation sites (N-methyl/N-ethyl adjacent to an activating group) is 1. The Labute approximate surface area is 136 Å². The van der Waals surface area contributed by atoms with Crippen molar-refractivity contribution in [1.82, 2.24) is 9.88 Å². The van der Waals surface area contributed by atoms with E-state index < -0.39 is 6.10 Å². The molecule has 6 heteroatoms. The number of ether oxygens (including phenoxy) is 1. The third-order valence-electron chi connectivity index (χ3n) is 3.83. The van der Waals surface area contributed by atoms with Gasteiger partial charge in [0.25, 0.3) is 0 Å². The van der Waals surface area contributed by atoms with Crippen molar-refractivity contribution in [2.24, 2.45) is 0 Å². The molecule has 0 bridgehead atoms. The third kappa shape index (κ3) is 4.49. The van der Waals surface area contributed by atoms with Gasteiger partial charge in [0.1, 0.15) is 5.76 Å². The molecule has 0 unspecified atom stereocenters. The van der Waals surface area contributed by atoms with Crippen molar-refractivity contribution in [2.75, 3.05) is 25.1 Å². The zero-order valence-electron chi connectivity index (χ0n) is 14.1. The van der Waals surface area contributed by atoms with Gasteiger partial charge < -0.3 is 9.15 Å². The van der Waals surface area contributed by atoms with Crippen molar-refractivity contribution in [2.45, 2.75) is 51.7 Å². The lowest BCUT2D eigenvalue weighted by Crippen LogP contribution is -2.36. The quantitative estimate of drug-likeness (QED) is 0.775. The minimum atomic E-state index is -0.463. The van der Waals surface area contributed by atoms with E-state index in [1.807, 2.05) is 18.8 Å². The summed E-state index contributed by atoms with van der Waals surface area (Å²) in [7, 11) is 1.98. The zero-order valence-corrected chi connectivity index (χ0v) is 14.9. The summed E-state index contributed by atoms with van der Waals surface area (Å²) >= 11 is 1.93. The van der Waals surface area contributed by atoms with Crippen molar-refractivity contribution >= 4 is 17.7 Å². The van der Waals surface area contributed by atoms with Crippen LogP contribution < -0.4 is 0 Å². The second kappa shape index (κ2) is 7.04. The summed E-state index contributed by atoms with van der Waals surface area (Å²) in [5, 5.41) is 0. The largest absolute Gasteiger partial charge is 0.452 e. The fourth-order valence-electron chi connectivity index (χ4n) is 2.31. The molecule has 0 N–H and O–H groups in total. The van der Waals surface area contributed by atoms with Crippen LogP contribution in [0, 0.1) is 0 Å². The summed E-state index contributed by atoms with van der Waals surface area (Å²) < 4.78 is 11.2. The molecule has 2 heterocycles. The molecule has 1 aliphatic rings. The minimum Gasteiger partial charge on any atom is -0.452 e. The zero-order chi connectivity index (χ0) is 16.3. The van der Waals surface area contributed by atoms with Crippen LogP contribution in [-0.2, 0) is 14.9 Å². The van der Waals surface area contributed by atoms with Gasteiger partial charge in [-0.15, -0.1) is 0 Å². The highest BCUT2D eigenvalue weighted by Crippen LogP contribution is 2.26. The SMILES string of the molecule is C[C@@H](OC(=O)CN(C)[C@H]1CCSC1)c1ncc(C(C)(C)C)o1. The van der Waals surface area contributed by atoms with Crippen molar-refractivity contribution in [3.63, 3.8) is 0 Å². The van der Waals surface area contributed by atoms with Crippen LogP contribution >= 0.6 is 11.8 Å². The van der Waals surface area contributed by atoms with Gasteiger partial charge in [0, 0.05) is 17.2 Å². The number of hydrogen-bond donors (Lipinski definition) is 0. The van der Waals surface area contributed by atoms with Crippen LogP contribution in [0.1, 0.15) is 51.9 Å². The average Bonchev–Trinajstić information content (AvgIpc) is 3.09. The van der Waals surface area contributed by atoms with Crippen molar-refractivity contribution in [3.05, 3.63) is 17.8 Å². The van der Waals surface area contributed by atoms with Gasteiger partial charge in [0.2, 0.25) is 5.89 Å². The van der Waals surface area contributed by atoms with Crippen LogP contribution in [0.5, 0.6) is 0 Å². The summed E-state index contributed by atoms with van der Waals surface area (Å²) in [5.74, 6) is 3.28. The van der Waals surface area contributed by atoms with E-state index in [4.69, 9.17) is 9.15 Å². The van der Waals surface area contributed by atoms with Crippen molar-refractivity contribution in [1.29, 1.82) is 0 Å². The summed E-state index contributed by atoms with van der Waals surface area (Å²) in [5.41, 5.74) is -0.102. The first-order chi connectivity index (χ1) is 10.3. The van der Waals surface area contributed by atoms with Gasteiger partial charge in [-0.3, -0.25) is 9.69 Å². The topological polar surface area (TPSA) is 55.6 Å². The van der Waals surface area contributed by atoms with E-state index in [-0.39, 0.29) is 11.4 Å². The first-order valence-corrected chi connectivity index (χ1v) is 8.86. The molecule has 0 spiro atoms. The molecule has 0 aromatic carbocycles. The molecule has 0 radical (unpaired) electrons. The molecule has 0 aliphatic carbocycles. The van der Waals surface area contributed by atoms with Crippen LogP contribution in [0.25, 0.3) is 0 Å². The van der Waals surface area contributed by atoms with Gasteiger partial charge in [-0.05, 0) is 26.1 Å². The van der Waals surface area contributed by atoms with Gasteiger partial charge in [0.05, 0.1) is 12.7 Å². The number of oxazole rings is 1. The lowest BCUT2D eigenvalue weighted by molar-refractivity contribution is -0.151. The van der Waals surface area contributed by atoms with Crippen LogP contribution in [0.4, 0.5) is 0 Å². The first kappa shape index (κ1) is 17.3. The maximum Gasteiger partial charge on any atom is 0.320 e. The molecule has 5 nitrogen and oxygen atoms in total. The Balaban J connectivity index is 1.86. The molecular weight excluding hydrogens is 300 g/mol. The predicted octanol–water partition coefficient (Wildman–Crippen LogP) is 3.01. The minimum absolute atomic E-state index is 0.102.